The smallest absolute Gasteiger partial charge is 0.337 e. The summed E-state index contributed by atoms with van der Waals surface area (Å²) in [6.45, 7) is 0. The van der Waals surface area contributed by atoms with E-state index in [2.05, 4.69) is 0 Å². The van der Waals surface area contributed by atoms with Gasteiger partial charge in [-0.2, -0.15) is 0 Å². The van der Waals surface area contributed by atoms with E-state index in [0.29, 0.717) is 0 Å². The molecule has 0 unspecified atom stereocenters. The molecule has 0 heterocycles. The van der Waals surface area contributed by atoms with E-state index in [-0.39, 0.29) is 16.9 Å². The number of carboxylic acids is 3. The highest BCUT2D eigenvalue weighted by Gasteiger charge is 2.27. The van der Waals surface area contributed by atoms with Crippen molar-refractivity contribution in [2.45, 2.75) is 0 Å². The van der Waals surface area contributed by atoms with Crippen molar-refractivity contribution in [1.82, 2.24) is 0 Å². The van der Waals surface area contributed by atoms with Crippen LogP contribution in [0.4, 0.5) is 0 Å². The Labute approximate surface area is 123 Å². The Morgan fingerprint density at radius 3 is 1.77 bits per heavy atom. The highest BCUT2D eigenvalue weighted by Crippen LogP contribution is 2.36. The number of phenols is 1. The summed E-state index contributed by atoms with van der Waals surface area (Å²) in [5, 5.41) is 37.5. The van der Waals surface area contributed by atoms with Crippen molar-refractivity contribution >= 4 is 17.9 Å². The first-order chi connectivity index (χ1) is 10.3. The van der Waals surface area contributed by atoms with E-state index in [1.165, 1.54) is 24.3 Å². The third kappa shape index (κ3) is 2.47. The quantitative estimate of drug-likeness (QED) is 0.680. The zero-order valence-corrected chi connectivity index (χ0v) is 11.0. The van der Waals surface area contributed by atoms with Gasteiger partial charge in [-0.3, -0.25) is 0 Å². The van der Waals surface area contributed by atoms with E-state index in [9.17, 15) is 29.7 Å². The van der Waals surface area contributed by atoms with Crippen molar-refractivity contribution in [2.24, 2.45) is 0 Å². The van der Waals surface area contributed by atoms with Crippen molar-refractivity contribution < 1.29 is 34.8 Å². The molecule has 2 aromatic carbocycles. The second-order valence-electron chi connectivity index (χ2n) is 4.34. The Bertz CT molecular complexity index is 792. The number of aromatic hydroxyl groups is 1. The van der Waals surface area contributed by atoms with Gasteiger partial charge in [-0.1, -0.05) is 18.2 Å². The van der Waals surface area contributed by atoms with Gasteiger partial charge >= 0.3 is 17.9 Å². The molecule has 0 bridgehead atoms. The van der Waals surface area contributed by atoms with Gasteiger partial charge < -0.3 is 20.4 Å². The van der Waals surface area contributed by atoms with E-state index in [1.807, 2.05) is 0 Å². The Morgan fingerprint density at radius 2 is 1.27 bits per heavy atom. The van der Waals surface area contributed by atoms with Crippen molar-refractivity contribution in [1.29, 1.82) is 0 Å². The van der Waals surface area contributed by atoms with Gasteiger partial charge in [-0.15, -0.1) is 0 Å². The molecule has 0 spiro atoms. The Hall–Kier alpha value is -3.35. The molecule has 7 nitrogen and oxygen atoms in total. The number of carboxylic acid groups (broad SMARTS) is 3. The minimum Gasteiger partial charge on any atom is -0.507 e. The van der Waals surface area contributed by atoms with Gasteiger partial charge in [0.2, 0.25) is 0 Å². The Kier molecular flexibility index (Phi) is 3.81. The number of carbonyl (C=O) groups is 3. The van der Waals surface area contributed by atoms with Crippen molar-refractivity contribution in [3.8, 4) is 16.9 Å². The van der Waals surface area contributed by atoms with Gasteiger partial charge in [-0.05, 0) is 18.2 Å². The molecule has 0 saturated heterocycles. The standard InChI is InChI=1S/C15H10O7/c16-10-4-2-1-3-7(10)11-8(13(17)18)5-6-9(14(19)20)12(11)15(21)22/h1-6,16H,(H,17,18)(H,19,20)(H,21,22). The van der Waals surface area contributed by atoms with Crippen molar-refractivity contribution in [3.05, 3.63) is 53.1 Å². The summed E-state index contributed by atoms with van der Waals surface area (Å²) < 4.78 is 0. The summed E-state index contributed by atoms with van der Waals surface area (Å²) >= 11 is 0. The summed E-state index contributed by atoms with van der Waals surface area (Å²) in [6, 6.07) is 7.43. The van der Waals surface area contributed by atoms with E-state index in [0.717, 1.165) is 12.1 Å². The molecule has 0 saturated carbocycles. The normalized spacial score (nSPS) is 10.2. The molecule has 7 heteroatoms. The first-order valence-electron chi connectivity index (χ1n) is 5.99. The maximum Gasteiger partial charge on any atom is 0.337 e. The zero-order chi connectivity index (χ0) is 16.4. The topological polar surface area (TPSA) is 132 Å². The Balaban J connectivity index is 2.98. The first kappa shape index (κ1) is 15.0. The number of hydrogen-bond donors (Lipinski definition) is 4. The number of para-hydroxylation sites is 1. The van der Waals surface area contributed by atoms with Crippen LogP contribution in [0, 0.1) is 0 Å². The van der Waals surface area contributed by atoms with Gasteiger partial charge in [0.25, 0.3) is 0 Å². The van der Waals surface area contributed by atoms with Gasteiger partial charge in [0.1, 0.15) is 5.75 Å². The second kappa shape index (κ2) is 5.57. The average Bonchev–Trinajstić information content (AvgIpc) is 2.45. The first-order valence-corrected chi connectivity index (χ1v) is 5.99. The number of aromatic carboxylic acids is 3. The van der Waals surface area contributed by atoms with Crippen LogP contribution in [0.15, 0.2) is 36.4 Å². The van der Waals surface area contributed by atoms with E-state index in [1.54, 1.807) is 0 Å². The van der Waals surface area contributed by atoms with Crippen LogP contribution in [-0.2, 0) is 0 Å². The SMILES string of the molecule is O=C(O)c1ccc(C(=O)O)c(-c2ccccc2O)c1C(=O)O. The molecule has 22 heavy (non-hydrogen) atoms. The van der Waals surface area contributed by atoms with Crippen LogP contribution >= 0.6 is 0 Å². The van der Waals surface area contributed by atoms with Crippen LogP contribution in [-0.4, -0.2) is 38.3 Å². The molecule has 0 aliphatic heterocycles. The molecule has 0 aromatic heterocycles. The van der Waals surface area contributed by atoms with Gasteiger partial charge in [-0.25, -0.2) is 14.4 Å². The van der Waals surface area contributed by atoms with Crippen molar-refractivity contribution in [3.63, 3.8) is 0 Å². The van der Waals surface area contributed by atoms with Crippen LogP contribution in [0.2, 0.25) is 0 Å². The van der Waals surface area contributed by atoms with Gasteiger partial charge in [0.15, 0.2) is 0 Å². The highest BCUT2D eigenvalue weighted by molar-refractivity contribution is 6.11. The monoisotopic (exact) mass is 302 g/mol. The fourth-order valence-corrected chi connectivity index (χ4v) is 2.15. The van der Waals surface area contributed by atoms with Gasteiger partial charge in [0.05, 0.1) is 16.7 Å². The lowest BCUT2D eigenvalue weighted by Gasteiger charge is -2.14. The zero-order valence-electron chi connectivity index (χ0n) is 11.0. The molecule has 0 atom stereocenters. The fraction of sp³-hybridized carbons (Fsp3) is 0. The summed E-state index contributed by atoms with van der Waals surface area (Å²) in [6.07, 6.45) is 0. The Morgan fingerprint density at radius 1 is 0.727 bits per heavy atom. The van der Waals surface area contributed by atoms with Gasteiger partial charge in [0, 0.05) is 11.1 Å². The van der Waals surface area contributed by atoms with E-state index >= 15 is 0 Å². The lowest BCUT2D eigenvalue weighted by atomic mass is 9.90. The average molecular weight is 302 g/mol. The minimum atomic E-state index is -1.60. The van der Waals surface area contributed by atoms with Crippen LogP contribution in [0.5, 0.6) is 5.75 Å². The predicted molar refractivity (Wildman–Crippen MR) is 74.4 cm³/mol. The van der Waals surface area contributed by atoms with Crippen LogP contribution in [0.25, 0.3) is 11.1 Å². The molecular weight excluding hydrogens is 292 g/mol. The highest BCUT2D eigenvalue weighted by atomic mass is 16.4. The molecule has 2 aromatic rings. The lowest BCUT2D eigenvalue weighted by Crippen LogP contribution is -2.13. The maximum absolute atomic E-state index is 11.5. The molecule has 112 valence electrons. The van der Waals surface area contributed by atoms with E-state index in [4.69, 9.17) is 5.11 Å². The number of rotatable bonds is 4. The van der Waals surface area contributed by atoms with Crippen LogP contribution < -0.4 is 0 Å². The number of hydrogen-bond acceptors (Lipinski definition) is 4. The summed E-state index contributed by atoms with van der Waals surface area (Å²) in [5.74, 6) is -4.89. The predicted octanol–water partition coefficient (Wildman–Crippen LogP) is 2.15. The van der Waals surface area contributed by atoms with E-state index < -0.39 is 34.6 Å². The molecular formula is C15H10O7. The maximum atomic E-state index is 11.5. The minimum absolute atomic E-state index is 0.0691. The second-order valence-corrected chi connectivity index (χ2v) is 4.34. The summed E-state index contributed by atoms with van der Waals surface area (Å²) in [5.41, 5.74) is -2.08. The molecule has 0 aliphatic carbocycles. The largest absolute Gasteiger partial charge is 0.507 e. The molecule has 0 radical (unpaired) electrons. The molecule has 0 aliphatic rings. The number of benzene rings is 2. The lowest BCUT2D eigenvalue weighted by molar-refractivity contribution is 0.0650. The molecule has 0 amide bonds. The third-order valence-corrected chi connectivity index (χ3v) is 3.05. The molecule has 4 N–H and O–H groups in total. The third-order valence-electron chi connectivity index (χ3n) is 3.05. The fourth-order valence-electron chi connectivity index (χ4n) is 2.15. The van der Waals surface area contributed by atoms with Crippen LogP contribution in [0.3, 0.4) is 0 Å². The molecule has 2 rings (SSSR count). The number of phenolic OH excluding ortho intramolecular Hbond substituents is 1. The summed E-state index contributed by atoms with van der Waals surface area (Å²) in [4.78, 5) is 34.0. The van der Waals surface area contributed by atoms with Crippen LogP contribution in [0.1, 0.15) is 31.1 Å². The van der Waals surface area contributed by atoms with Crippen molar-refractivity contribution in [2.75, 3.05) is 0 Å². The molecule has 0 fully saturated rings. The summed E-state index contributed by atoms with van der Waals surface area (Å²) in [7, 11) is 0.